The van der Waals surface area contributed by atoms with Crippen molar-refractivity contribution < 1.29 is 5.11 Å². The first kappa shape index (κ1) is 17.5. The van der Waals surface area contributed by atoms with Gasteiger partial charge >= 0.3 is 0 Å². The van der Waals surface area contributed by atoms with Gasteiger partial charge < -0.3 is 10.8 Å². The third-order valence-electron chi connectivity index (χ3n) is 5.39. The molecule has 1 aliphatic carbocycles. The van der Waals surface area contributed by atoms with Crippen molar-refractivity contribution in [2.75, 3.05) is 0 Å². The lowest BCUT2D eigenvalue weighted by molar-refractivity contribution is 0.0410. The Morgan fingerprint density at radius 1 is 0.900 bits per heavy atom. The molecule has 20 heavy (non-hydrogen) atoms. The standard InChI is InChI=1S/C17H27NO.ClH/c1-9-10(2)12(4)15(13(5)11(9)3)16(18)17(19)14-7-6-8-14;/h14,16-17,19H,6-8,18H2,1-5H3;1H/t16-,17+;/m0./s1. The zero-order chi connectivity index (χ0) is 14.3. The molecule has 1 saturated carbocycles. The fourth-order valence-electron chi connectivity index (χ4n) is 3.27. The summed E-state index contributed by atoms with van der Waals surface area (Å²) in [5.41, 5.74) is 14.0. The molecule has 0 saturated heterocycles. The summed E-state index contributed by atoms with van der Waals surface area (Å²) in [6, 6.07) is -0.247. The summed E-state index contributed by atoms with van der Waals surface area (Å²) in [5.74, 6) is 0.399. The average molecular weight is 298 g/mol. The Labute approximate surface area is 129 Å². The Bertz CT molecular complexity index is 465. The lowest BCUT2D eigenvalue weighted by Crippen LogP contribution is -2.37. The molecule has 1 aromatic rings. The number of halogens is 1. The Morgan fingerprint density at radius 2 is 1.30 bits per heavy atom. The Hall–Kier alpha value is -0.570. The molecule has 3 heteroatoms. The quantitative estimate of drug-likeness (QED) is 0.891. The number of hydrogen-bond donors (Lipinski definition) is 2. The molecule has 0 bridgehead atoms. The van der Waals surface area contributed by atoms with Crippen LogP contribution < -0.4 is 5.73 Å². The van der Waals surface area contributed by atoms with Gasteiger partial charge in [0.1, 0.15) is 0 Å². The lowest BCUT2D eigenvalue weighted by atomic mass is 9.75. The molecule has 2 nitrogen and oxygen atoms in total. The summed E-state index contributed by atoms with van der Waals surface area (Å²) in [5, 5.41) is 10.5. The normalized spacial score (nSPS) is 18.1. The fraction of sp³-hybridized carbons (Fsp3) is 0.647. The van der Waals surface area contributed by atoms with Crippen molar-refractivity contribution in [1.29, 1.82) is 0 Å². The second kappa shape index (κ2) is 6.46. The predicted octanol–water partition coefficient (Wildman–Crippen LogP) is 3.81. The fourth-order valence-corrected chi connectivity index (χ4v) is 3.27. The van der Waals surface area contributed by atoms with E-state index in [1.807, 2.05) is 0 Å². The van der Waals surface area contributed by atoms with Crippen molar-refractivity contribution >= 4 is 12.4 Å². The van der Waals surface area contributed by atoms with Gasteiger partial charge in [0.2, 0.25) is 0 Å². The number of rotatable bonds is 3. The molecule has 2 rings (SSSR count). The Morgan fingerprint density at radius 3 is 1.65 bits per heavy atom. The zero-order valence-electron chi connectivity index (χ0n) is 13.3. The van der Waals surface area contributed by atoms with Crippen molar-refractivity contribution in [3.8, 4) is 0 Å². The van der Waals surface area contributed by atoms with Crippen molar-refractivity contribution in [2.24, 2.45) is 11.7 Å². The summed E-state index contributed by atoms with van der Waals surface area (Å²) in [4.78, 5) is 0. The van der Waals surface area contributed by atoms with Gasteiger partial charge in [-0.3, -0.25) is 0 Å². The molecule has 2 atom stereocenters. The highest BCUT2D eigenvalue weighted by molar-refractivity contribution is 5.85. The maximum Gasteiger partial charge on any atom is 0.0761 e. The van der Waals surface area contributed by atoms with E-state index in [0.29, 0.717) is 5.92 Å². The van der Waals surface area contributed by atoms with E-state index < -0.39 is 6.10 Å². The molecule has 0 aliphatic heterocycles. The van der Waals surface area contributed by atoms with Crippen LogP contribution in [0.25, 0.3) is 0 Å². The van der Waals surface area contributed by atoms with Crippen LogP contribution in [0.2, 0.25) is 0 Å². The van der Waals surface area contributed by atoms with E-state index in [2.05, 4.69) is 34.6 Å². The van der Waals surface area contributed by atoms with Crippen LogP contribution in [-0.2, 0) is 0 Å². The molecule has 3 N–H and O–H groups in total. The van der Waals surface area contributed by atoms with E-state index in [1.54, 1.807) is 0 Å². The van der Waals surface area contributed by atoms with Crippen molar-refractivity contribution in [2.45, 2.75) is 66.0 Å². The van der Waals surface area contributed by atoms with E-state index >= 15 is 0 Å². The highest BCUT2D eigenvalue weighted by Crippen LogP contribution is 2.37. The molecule has 0 spiro atoms. The van der Waals surface area contributed by atoms with E-state index in [9.17, 15) is 5.11 Å². The van der Waals surface area contributed by atoms with Crippen LogP contribution in [0.4, 0.5) is 0 Å². The first-order valence-electron chi connectivity index (χ1n) is 7.36. The molecular formula is C17H28ClNO. The summed E-state index contributed by atoms with van der Waals surface area (Å²) in [7, 11) is 0. The first-order chi connectivity index (χ1) is 8.86. The van der Waals surface area contributed by atoms with E-state index in [-0.39, 0.29) is 18.4 Å². The Balaban J connectivity index is 0.00000200. The van der Waals surface area contributed by atoms with Gasteiger partial charge in [-0.25, -0.2) is 0 Å². The van der Waals surface area contributed by atoms with Crippen LogP contribution in [0, 0.1) is 40.5 Å². The van der Waals surface area contributed by atoms with Gasteiger partial charge in [-0.2, -0.15) is 0 Å². The van der Waals surface area contributed by atoms with Crippen molar-refractivity contribution in [3.63, 3.8) is 0 Å². The average Bonchev–Trinajstić information content (AvgIpc) is 2.32. The maximum atomic E-state index is 10.5. The van der Waals surface area contributed by atoms with Crippen LogP contribution in [0.3, 0.4) is 0 Å². The molecule has 1 aromatic carbocycles. The summed E-state index contributed by atoms with van der Waals surface area (Å²) in [6.45, 7) is 10.8. The Kier molecular flexibility index (Phi) is 5.65. The van der Waals surface area contributed by atoms with Crippen LogP contribution in [0.15, 0.2) is 0 Å². The van der Waals surface area contributed by atoms with Crippen LogP contribution in [0.1, 0.15) is 58.7 Å². The summed E-state index contributed by atoms with van der Waals surface area (Å²) < 4.78 is 0. The summed E-state index contributed by atoms with van der Waals surface area (Å²) in [6.07, 6.45) is 3.08. The molecule has 1 fully saturated rings. The topological polar surface area (TPSA) is 46.2 Å². The van der Waals surface area contributed by atoms with E-state index in [0.717, 1.165) is 12.8 Å². The molecular weight excluding hydrogens is 270 g/mol. The largest absolute Gasteiger partial charge is 0.391 e. The molecule has 114 valence electrons. The van der Waals surface area contributed by atoms with Gasteiger partial charge in [-0.05, 0) is 86.8 Å². The van der Waals surface area contributed by atoms with Gasteiger partial charge in [0, 0.05) is 0 Å². The monoisotopic (exact) mass is 297 g/mol. The predicted molar refractivity (Wildman–Crippen MR) is 87.7 cm³/mol. The highest BCUT2D eigenvalue weighted by atomic mass is 35.5. The van der Waals surface area contributed by atoms with Crippen molar-refractivity contribution in [3.05, 3.63) is 33.4 Å². The molecule has 0 heterocycles. The number of hydrogen-bond acceptors (Lipinski definition) is 2. The molecule has 0 unspecified atom stereocenters. The van der Waals surface area contributed by atoms with Crippen LogP contribution in [0.5, 0.6) is 0 Å². The van der Waals surface area contributed by atoms with Crippen molar-refractivity contribution in [1.82, 2.24) is 0 Å². The molecule has 1 aliphatic rings. The van der Waals surface area contributed by atoms with Gasteiger partial charge in [0.15, 0.2) is 0 Å². The maximum absolute atomic E-state index is 10.5. The number of nitrogens with two attached hydrogens (primary N) is 1. The highest BCUT2D eigenvalue weighted by Gasteiger charge is 2.32. The van der Waals surface area contributed by atoms with Crippen LogP contribution in [-0.4, -0.2) is 11.2 Å². The van der Waals surface area contributed by atoms with Gasteiger partial charge in [0.25, 0.3) is 0 Å². The van der Waals surface area contributed by atoms with Gasteiger partial charge in [0.05, 0.1) is 12.1 Å². The minimum Gasteiger partial charge on any atom is -0.391 e. The number of aliphatic hydroxyl groups excluding tert-OH is 1. The molecule has 0 radical (unpaired) electrons. The van der Waals surface area contributed by atoms with Crippen LogP contribution >= 0.6 is 12.4 Å². The SMILES string of the molecule is Cc1c(C)c(C)c([C@H](N)[C@H](O)C2CCC2)c(C)c1C.Cl. The third-order valence-corrected chi connectivity index (χ3v) is 5.39. The molecule has 0 aromatic heterocycles. The second-order valence-corrected chi connectivity index (χ2v) is 6.25. The molecule has 0 amide bonds. The smallest absolute Gasteiger partial charge is 0.0761 e. The number of aliphatic hydroxyl groups is 1. The van der Waals surface area contributed by atoms with E-state index in [4.69, 9.17) is 5.73 Å². The minimum absolute atomic E-state index is 0. The van der Waals surface area contributed by atoms with E-state index in [1.165, 1.54) is 39.8 Å². The second-order valence-electron chi connectivity index (χ2n) is 6.25. The zero-order valence-corrected chi connectivity index (χ0v) is 14.1. The summed E-state index contributed by atoms with van der Waals surface area (Å²) >= 11 is 0. The minimum atomic E-state index is -0.396. The number of benzene rings is 1. The van der Waals surface area contributed by atoms with Gasteiger partial charge in [-0.1, -0.05) is 6.42 Å². The lowest BCUT2D eigenvalue weighted by Gasteiger charge is -2.35. The third kappa shape index (κ3) is 2.74. The van der Waals surface area contributed by atoms with Gasteiger partial charge in [-0.15, -0.1) is 12.4 Å². The first-order valence-corrected chi connectivity index (χ1v) is 7.36.